The molecule has 0 unspecified atom stereocenters. The first-order chi connectivity index (χ1) is 9.72. The molecular formula is C14H17N3O3. The molecule has 1 heterocycles. The third-order valence-electron chi connectivity index (χ3n) is 2.82. The fraction of sp³-hybridized carbons (Fsp3) is 0.357. The first-order valence-electron chi connectivity index (χ1n) is 6.38. The molecule has 0 N–H and O–H groups in total. The van der Waals surface area contributed by atoms with Gasteiger partial charge in [-0.3, -0.25) is 4.79 Å². The third kappa shape index (κ3) is 3.57. The summed E-state index contributed by atoms with van der Waals surface area (Å²) >= 11 is 0. The summed E-state index contributed by atoms with van der Waals surface area (Å²) in [5.74, 6) is 1.11. The van der Waals surface area contributed by atoms with Crippen molar-refractivity contribution in [1.29, 1.82) is 0 Å². The average Bonchev–Trinajstić information content (AvgIpc) is 2.87. The Bertz CT molecular complexity index is 563. The number of rotatable bonds is 6. The summed E-state index contributed by atoms with van der Waals surface area (Å²) in [5.41, 5.74) is 1.08. The highest BCUT2D eigenvalue weighted by Crippen LogP contribution is 2.13. The van der Waals surface area contributed by atoms with Crippen LogP contribution in [0.1, 0.15) is 18.3 Å². The quantitative estimate of drug-likeness (QED) is 0.746. The predicted octanol–water partition coefficient (Wildman–Crippen LogP) is 1.44. The van der Waals surface area contributed by atoms with E-state index < -0.39 is 0 Å². The lowest BCUT2D eigenvalue weighted by Gasteiger charge is -2.07. The minimum absolute atomic E-state index is 0.129. The van der Waals surface area contributed by atoms with Gasteiger partial charge in [0.1, 0.15) is 24.3 Å². The van der Waals surface area contributed by atoms with Crippen molar-refractivity contribution >= 4 is 5.97 Å². The number of ether oxygens (including phenoxy) is 2. The monoisotopic (exact) mass is 275 g/mol. The molecule has 0 amide bonds. The highest BCUT2D eigenvalue weighted by Gasteiger charge is 2.11. The van der Waals surface area contributed by atoms with Crippen molar-refractivity contribution in [2.24, 2.45) is 0 Å². The Labute approximate surface area is 117 Å². The van der Waals surface area contributed by atoms with Crippen molar-refractivity contribution < 1.29 is 14.3 Å². The van der Waals surface area contributed by atoms with Gasteiger partial charge in [0.2, 0.25) is 0 Å². The van der Waals surface area contributed by atoms with Crippen molar-refractivity contribution in [3.63, 3.8) is 0 Å². The summed E-state index contributed by atoms with van der Waals surface area (Å²) in [6, 6.07) is 7.72. The lowest BCUT2D eigenvalue weighted by Crippen LogP contribution is -2.13. The Balaban J connectivity index is 2.05. The fourth-order valence-electron chi connectivity index (χ4n) is 1.82. The fourth-order valence-corrected chi connectivity index (χ4v) is 1.82. The average molecular weight is 275 g/mol. The third-order valence-corrected chi connectivity index (χ3v) is 2.82. The van der Waals surface area contributed by atoms with Gasteiger partial charge in [-0.05, 0) is 24.6 Å². The minimum atomic E-state index is -0.295. The van der Waals surface area contributed by atoms with Gasteiger partial charge in [0.25, 0.3) is 0 Å². The summed E-state index contributed by atoms with van der Waals surface area (Å²) in [4.78, 5) is 11.5. The van der Waals surface area contributed by atoms with Crippen LogP contribution in [0.4, 0.5) is 0 Å². The summed E-state index contributed by atoms with van der Waals surface area (Å²) < 4.78 is 11.9. The van der Waals surface area contributed by atoms with Gasteiger partial charge in [-0.15, -0.1) is 10.2 Å². The van der Waals surface area contributed by atoms with Crippen LogP contribution < -0.4 is 4.74 Å². The van der Waals surface area contributed by atoms with Crippen LogP contribution in [0.25, 0.3) is 0 Å². The predicted molar refractivity (Wildman–Crippen MR) is 72.5 cm³/mol. The molecule has 6 heteroatoms. The van der Waals surface area contributed by atoms with E-state index in [1.165, 1.54) is 0 Å². The van der Waals surface area contributed by atoms with Gasteiger partial charge in [0, 0.05) is 0 Å². The SMILES string of the molecule is CCOC(=O)Cc1nncn1Cc1ccc(OC)cc1. The molecule has 106 valence electrons. The van der Waals surface area contributed by atoms with E-state index in [0.29, 0.717) is 19.0 Å². The molecule has 20 heavy (non-hydrogen) atoms. The molecule has 2 rings (SSSR count). The molecule has 0 radical (unpaired) electrons. The maximum absolute atomic E-state index is 11.5. The summed E-state index contributed by atoms with van der Waals surface area (Å²) in [6.07, 6.45) is 1.74. The number of methoxy groups -OCH3 is 1. The zero-order valence-corrected chi connectivity index (χ0v) is 11.6. The topological polar surface area (TPSA) is 66.2 Å². The Hall–Kier alpha value is -2.37. The highest BCUT2D eigenvalue weighted by atomic mass is 16.5. The highest BCUT2D eigenvalue weighted by molar-refractivity contribution is 5.71. The molecule has 0 aliphatic carbocycles. The molecule has 0 aliphatic rings. The van der Waals surface area contributed by atoms with Crippen LogP contribution in [0, 0.1) is 0 Å². The summed E-state index contributed by atoms with van der Waals surface area (Å²) in [5, 5.41) is 7.80. The second kappa shape index (κ2) is 6.70. The van der Waals surface area contributed by atoms with Crippen molar-refractivity contribution in [2.45, 2.75) is 19.9 Å². The number of nitrogens with zero attached hydrogens (tertiary/aromatic N) is 3. The molecule has 2 aromatic rings. The van der Waals surface area contributed by atoms with E-state index in [0.717, 1.165) is 11.3 Å². The lowest BCUT2D eigenvalue weighted by atomic mass is 10.2. The van der Waals surface area contributed by atoms with Gasteiger partial charge in [0.05, 0.1) is 20.3 Å². The van der Waals surface area contributed by atoms with Crippen LogP contribution in [0.15, 0.2) is 30.6 Å². The molecule has 1 aromatic carbocycles. The van der Waals surface area contributed by atoms with Gasteiger partial charge in [-0.25, -0.2) is 0 Å². The molecule has 0 saturated carbocycles. The van der Waals surface area contributed by atoms with E-state index >= 15 is 0 Å². The van der Waals surface area contributed by atoms with Crippen molar-refractivity contribution in [2.75, 3.05) is 13.7 Å². The van der Waals surface area contributed by atoms with Gasteiger partial charge >= 0.3 is 5.97 Å². The molecule has 0 atom stereocenters. The number of carbonyl (C=O) groups is 1. The molecular weight excluding hydrogens is 258 g/mol. The van der Waals surface area contributed by atoms with Crippen LogP contribution in [0.2, 0.25) is 0 Å². The largest absolute Gasteiger partial charge is 0.497 e. The number of hydrogen-bond acceptors (Lipinski definition) is 5. The second-order valence-corrected chi connectivity index (χ2v) is 4.20. The van der Waals surface area contributed by atoms with Gasteiger partial charge in [-0.1, -0.05) is 12.1 Å². The molecule has 1 aromatic heterocycles. The molecule has 0 fully saturated rings. The standard InChI is InChI=1S/C14H17N3O3/c1-3-20-14(18)8-13-16-15-10-17(13)9-11-4-6-12(19-2)7-5-11/h4-7,10H,3,8-9H2,1-2H3. The summed E-state index contributed by atoms with van der Waals surface area (Å²) in [7, 11) is 1.63. The minimum Gasteiger partial charge on any atom is -0.497 e. The van der Waals surface area contributed by atoms with Crippen LogP contribution in [-0.2, 0) is 22.5 Å². The Morgan fingerprint density at radius 2 is 2.05 bits per heavy atom. The van der Waals surface area contributed by atoms with E-state index in [1.807, 2.05) is 28.8 Å². The maximum Gasteiger partial charge on any atom is 0.313 e. The number of aromatic nitrogens is 3. The van der Waals surface area contributed by atoms with Gasteiger partial charge < -0.3 is 14.0 Å². The van der Waals surface area contributed by atoms with E-state index in [-0.39, 0.29) is 12.4 Å². The summed E-state index contributed by atoms with van der Waals surface area (Å²) in [6.45, 7) is 2.75. The van der Waals surface area contributed by atoms with Crippen molar-refractivity contribution in [3.05, 3.63) is 42.0 Å². The van der Waals surface area contributed by atoms with E-state index in [4.69, 9.17) is 9.47 Å². The Morgan fingerprint density at radius 1 is 1.30 bits per heavy atom. The second-order valence-electron chi connectivity index (χ2n) is 4.20. The zero-order chi connectivity index (χ0) is 14.4. The van der Waals surface area contributed by atoms with Gasteiger partial charge in [-0.2, -0.15) is 0 Å². The first-order valence-corrected chi connectivity index (χ1v) is 6.38. The van der Waals surface area contributed by atoms with Crippen LogP contribution >= 0.6 is 0 Å². The van der Waals surface area contributed by atoms with E-state index in [2.05, 4.69) is 10.2 Å². The molecule has 0 bridgehead atoms. The number of carbonyl (C=O) groups excluding carboxylic acids is 1. The van der Waals surface area contributed by atoms with Crippen LogP contribution in [0.5, 0.6) is 5.75 Å². The number of benzene rings is 1. The smallest absolute Gasteiger partial charge is 0.313 e. The molecule has 6 nitrogen and oxygen atoms in total. The van der Waals surface area contributed by atoms with Crippen molar-refractivity contribution in [1.82, 2.24) is 14.8 Å². The maximum atomic E-state index is 11.5. The normalized spacial score (nSPS) is 10.3. The molecule has 0 spiro atoms. The van der Waals surface area contributed by atoms with Crippen molar-refractivity contribution in [3.8, 4) is 5.75 Å². The zero-order valence-electron chi connectivity index (χ0n) is 11.6. The first kappa shape index (κ1) is 14.0. The number of esters is 1. The Morgan fingerprint density at radius 3 is 2.70 bits per heavy atom. The number of hydrogen-bond donors (Lipinski definition) is 0. The van der Waals surface area contributed by atoms with Crippen LogP contribution in [0.3, 0.4) is 0 Å². The molecule has 0 saturated heterocycles. The molecule has 0 aliphatic heterocycles. The van der Waals surface area contributed by atoms with Crippen LogP contribution in [-0.4, -0.2) is 34.5 Å². The lowest BCUT2D eigenvalue weighted by molar-refractivity contribution is -0.142. The van der Waals surface area contributed by atoms with E-state index in [1.54, 1.807) is 20.4 Å². The van der Waals surface area contributed by atoms with Gasteiger partial charge in [0.15, 0.2) is 0 Å². The van der Waals surface area contributed by atoms with E-state index in [9.17, 15) is 4.79 Å². The Kier molecular flexibility index (Phi) is 4.70.